The lowest BCUT2D eigenvalue weighted by Crippen LogP contribution is -2.48. The molecule has 0 aromatic heterocycles. The van der Waals surface area contributed by atoms with Gasteiger partial charge in [-0.05, 0) is 101 Å². The zero-order valence-corrected chi connectivity index (χ0v) is 19.7. The number of hydrogen-bond acceptors (Lipinski definition) is 2. The van der Waals surface area contributed by atoms with Crippen LogP contribution in [0.2, 0.25) is 0 Å². The van der Waals surface area contributed by atoms with E-state index in [2.05, 4.69) is 57.3 Å². The maximum Gasteiger partial charge on any atom is 0.184 e. The molecule has 0 unspecified atom stereocenters. The minimum absolute atomic E-state index is 0.222. The number of nitrogens with two attached hydrogens (primary N) is 1. The third kappa shape index (κ3) is 5.68. The second kappa shape index (κ2) is 9.56. The number of hydrogen-bond donors (Lipinski definition) is 2. The van der Waals surface area contributed by atoms with Gasteiger partial charge in [0.2, 0.25) is 0 Å². The monoisotopic (exact) mass is 403 g/mol. The molecule has 3 atom stereocenters. The molecule has 0 spiro atoms. The van der Waals surface area contributed by atoms with Crippen molar-refractivity contribution in [1.82, 2.24) is 5.43 Å². The van der Waals surface area contributed by atoms with Crippen LogP contribution in [-0.4, -0.2) is 10.8 Å². The van der Waals surface area contributed by atoms with Gasteiger partial charge in [0.1, 0.15) is 0 Å². The molecule has 0 aromatic rings. The minimum Gasteiger partial charge on any atom is -0.375 e. The van der Waals surface area contributed by atoms with Crippen LogP contribution in [0.25, 0.3) is 0 Å². The molecule has 0 bridgehead atoms. The van der Waals surface area contributed by atoms with Crippen molar-refractivity contribution in [3.05, 3.63) is 23.3 Å². The smallest absolute Gasteiger partial charge is 0.184 e. The Bertz CT molecular complexity index is 659. The molecule has 4 heteroatoms. The summed E-state index contributed by atoms with van der Waals surface area (Å²) in [6, 6.07) is 0. The summed E-state index contributed by atoms with van der Waals surface area (Å²) < 4.78 is 0. The van der Waals surface area contributed by atoms with E-state index in [1.54, 1.807) is 5.57 Å². The predicted octanol–water partition coefficient (Wildman–Crippen LogP) is 6.50. The fourth-order valence-electron chi connectivity index (χ4n) is 5.90. The molecule has 1 saturated carbocycles. The first-order valence-corrected chi connectivity index (χ1v) is 11.4. The van der Waals surface area contributed by atoms with Crippen LogP contribution in [-0.2, 0) is 0 Å². The van der Waals surface area contributed by atoms with Crippen molar-refractivity contribution in [2.24, 2.45) is 33.5 Å². The molecule has 2 aliphatic rings. The number of rotatable bonds is 7. The molecule has 158 valence electrons. The number of thiocarbonyl (C=S) groups is 1. The third-order valence-electron chi connectivity index (χ3n) is 7.48. The highest BCUT2D eigenvalue weighted by molar-refractivity contribution is 7.80. The highest BCUT2D eigenvalue weighted by Gasteiger charge is 2.51. The van der Waals surface area contributed by atoms with E-state index in [0.717, 1.165) is 30.4 Å². The van der Waals surface area contributed by atoms with E-state index in [-0.39, 0.29) is 5.11 Å². The molecule has 0 saturated heterocycles. The lowest BCUT2D eigenvalue weighted by atomic mass is 9.48. The highest BCUT2D eigenvalue weighted by atomic mass is 32.1. The molecule has 28 heavy (non-hydrogen) atoms. The van der Waals surface area contributed by atoms with Crippen LogP contribution in [0.3, 0.4) is 0 Å². The maximum atomic E-state index is 5.41. The predicted molar refractivity (Wildman–Crippen MR) is 126 cm³/mol. The Kier molecular flexibility index (Phi) is 7.89. The third-order valence-corrected chi connectivity index (χ3v) is 7.57. The van der Waals surface area contributed by atoms with E-state index in [1.807, 2.05) is 6.92 Å². The van der Waals surface area contributed by atoms with Gasteiger partial charge in [0.15, 0.2) is 5.11 Å². The fourth-order valence-corrected chi connectivity index (χ4v) is 5.95. The molecule has 3 N–H and O–H groups in total. The molecule has 0 heterocycles. The molecular weight excluding hydrogens is 362 g/mol. The van der Waals surface area contributed by atoms with Gasteiger partial charge in [-0.2, -0.15) is 5.10 Å². The van der Waals surface area contributed by atoms with Crippen LogP contribution >= 0.6 is 12.2 Å². The van der Waals surface area contributed by atoms with Gasteiger partial charge < -0.3 is 5.73 Å². The summed E-state index contributed by atoms with van der Waals surface area (Å²) >= 11 is 4.78. The molecule has 2 rings (SSSR count). The normalized spacial score (nSPS) is 30.4. The van der Waals surface area contributed by atoms with Crippen LogP contribution in [0.4, 0.5) is 0 Å². The highest BCUT2D eigenvalue weighted by Crippen LogP contribution is 2.60. The largest absolute Gasteiger partial charge is 0.375 e. The van der Waals surface area contributed by atoms with Crippen LogP contribution < -0.4 is 11.2 Å². The first-order chi connectivity index (χ1) is 13.1. The molecule has 0 radical (unpaired) electrons. The van der Waals surface area contributed by atoms with E-state index < -0.39 is 0 Å². The van der Waals surface area contributed by atoms with Gasteiger partial charge in [0, 0.05) is 5.71 Å². The van der Waals surface area contributed by atoms with Crippen molar-refractivity contribution < 1.29 is 0 Å². The van der Waals surface area contributed by atoms with Crippen molar-refractivity contribution >= 4 is 23.0 Å². The zero-order chi connectivity index (χ0) is 20.9. The number of nitrogens with one attached hydrogen (secondary N) is 1. The lowest BCUT2D eigenvalue weighted by Gasteiger charge is -2.57. The Morgan fingerprint density at radius 1 is 1.29 bits per heavy atom. The van der Waals surface area contributed by atoms with Gasteiger partial charge >= 0.3 is 0 Å². The second-order valence-electron chi connectivity index (χ2n) is 10.1. The van der Waals surface area contributed by atoms with Crippen molar-refractivity contribution in [3.63, 3.8) is 0 Å². The van der Waals surface area contributed by atoms with E-state index in [1.165, 1.54) is 44.1 Å². The van der Waals surface area contributed by atoms with Gasteiger partial charge in [-0.3, -0.25) is 5.43 Å². The van der Waals surface area contributed by atoms with Crippen molar-refractivity contribution in [1.29, 1.82) is 0 Å². The number of hydrazone groups is 1. The Hall–Kier alpha value is -1.16. The average molecular weight is 404 g/mol. The van der Waals surface area contributed by atoms with Gasteiger partial charge in [-0.1, -0.05) is 50.5 Å². The minimum atomic E-state index is 0.222. The van der Waals surface area contributed by atoms with Crippen LogP contribution in [0.5, 0.6) is 0 Å². The zero-order valence-electron chi connectivity index (χ0n) is 18.9. The maximum absolute atomic E-state index is 5.41. The Morgan fingerprint density at radius 2 is 2.00 bits per heavy atom. The number of allylic oxidation sites excluding steroid dienone is 4. The average Bonchev–Trinajstić information content (AvgIpc) is 2.58. The van der Waals surface area contributed by atoms with Crippen LogP contribution in [0, 0.1) is 22.7 Å². The molecule has 3 nitrogen and oxygen atoms in total. The molecule has 2 aliphatic carbocycles. The van der Waals surface area contributed by atoms with E-state index in [9.17, 15) is 0 Å². The number of fused-ring (bicyclic) bond motifs is 1. The number of nitrogens with zero attached hydrogens (tertiary/aromatic N) is 1. The molecule has 1 fully saturated rings. The molecule has 0 aromatic carbocycles. The van der Waals surface area contributed by atoms with E-state index in [0.29, 0.717) is 10.8 Å². The van der Waals surface area contributed by atoms with Crippen LogP contribution in [0.15, 0.2) is 28.4 Å². The van der Waals surface area contributed by atoms with Gasteiger partial charge in [-0.25, -0.2) is 0 Å². The first kappa shape index (κ1) is 23.1. The summed E-state index contributed by atoms with van der Waals surface area (Å²) in [7, 11) is 0. The molecule has 0 aliphatic heterocycles. The Labute approximate surface area is 178 Å². The Morgan fingerprint density at radius 3 is 2.68 bits per heavy atom. The molecular formula is C24H41N3S. The SMILES string of the molecule is CC(=CCC/C(C)=N\NC(N)=S)CC[C@@H]1C(C)=CC[C@H]2C(C)(C)CCC[C@]12C. The quantitative estimate of drug-likeness (QED) is 0.221. The second-order valence-corrected chi connectivity index (χ2v) is 10.5. The lowest BCUT2D eigenvalue weighted by molar-refractivity contribution is -0.0390. The van der Waals surface area contributed by atoms with E-state index in [4.69, 9.17) is 18.0 Å². The summed E-state index contributed by atoms with van der Waals surface area (Å²) in [6.07, 6.45) is 14.8. The summed E-state index contributed by atoms with van der Waals surface area (Å²) in [5.74, 6) is 1.55. The topological polar surface area (TPSA) is 50.4 Å². The Balaban J connectivity index is 1.95. The van der Waals surface area contributed by atoms with Gasteiger partial charge in [-0.15, -0.1) is 0 Å². The van der Waals surface area contributed by atoms with Gasteiger partial charge in [0.05, 0.1) is 0 Å². The first-order valence-electron chi connectivity index (χ1n) is 11.0. The van der Waals surface area contributed by atoms with Crippen molar-refractivity contribution in [2.45, 2.75) is 92.9 Å². The van der Waals surface area contributed by atoms with Gasteiger partial charge in [0.25, 0.3) is 0 Å². The fraction of sp³-hybridized carbons (Fsp3) is 0.750. The standard InChI is InChI=1S/C24H41N3S/c1-17(9-7-10-19(3)26-27-22(25)28)11-13-20-18(2)12-14-21-23(4,5)15-8-16-24(20,21)6/h9,12,20-21H,7-8,10-11,13-16H2,1-6H3,(H3,25,27,28)/b17-9?,26-19-/t20-,21+,24-/m1/s1. The summed E-state index contributed by atoms with van der Waals surface area (Å²) in [5, 5.41) is 4.40. The van der Waals surface area contributed by atoms with Crippen LogP contribution in [0.1, 0.15) is 92.9 Å². The summed E-state index contributed by atoms with van der Waals surface area (Å²) in [5.41, 5.74) is 13.2. The summed E-state index contributed by atoms with van der Waals surface area (Å²) in [6.45, 7) is 14.3. The van der Waals surface area contributed by atoms with Crippen molar-refractivity contribution in [3.8, 4) is 0 Å². The summed E-state index contributed by atoms with van der Waals surface area (Å²) in [4.78, 5) is 0. The van der Waals surface area contributed by atoms with Crippen molar-refractivity contribution in [2.75, 3.05) is 0 Å². The molecule has 0 amide bonds. The van der Waals surface area contributed by atoms with E-state index >= 15 is 0 Å².